The zero-order valence-corrected chi connectivity index (χ0v) is 12.7. The number of rotatable bonds is 5. The first-order chi connectivity index (χ1) is 9.41. The number of sulfonamides is 1. The van der Waals surface area contributed by atoms with Gasteiger partial charge in [-0.15, -0.1) is 11.3 Å². The second-order valence-corrected chi connectivity index (χ2v) is 7.08. The maximum absolute atomic E-state index is 12.4. The molecule has 2 aromatic rings. The van der Waals surface area contributed by atoms with Crippen LogP contribution in [0, 0.1) is 0 Å². The zero-order chi connectivity index (χ0) is 14.8. The summed E-state index contributed by atoms with van der Waals surface area (Å²) in [6, 6.07) is 5.94. The molecule has 1 heterocycles. The molecule has 0 N–H and O–H groups in total. The molecule has 1 aromatic carbocycles. The molecule has 0 amide bonds. The van der Waals surface area contributed by atoms with Crippen LogP contribution in [0.15, 0.2) is 40.1 Å². The molecule has 7 heteroatoms. The number of carbonyl (C=O) groups is 1. The van der Waals surface area contributed by atoms with E-state index in [1.807, 2.05) is 5.38 Å². The van der Waals surface area contributed by atoms with E-state index in [2.05, 4.69) is 4.98 Å². The average Bonchev–Trinajstić information content (AvgIpc) is 2.91. The lowest BCUT2D eigenvalue weighted by atomic mass is 10.2. The summed E-state index contributed by atoms with van der Waals surface area (Å²) in [5.41, 5.74) is 2.87. The number of ketones is 1. The molecule has 0 aliphatic heterocycles. The molecule has 0 aliphatic rings. The summed E-state index contributed by atoms with van der Waals surface area (Å²) < 4.78 is 26.0. The number of benzene rings is 1. The molecule has 0 aliphatic carbocycles. The van der Waals surface area contributed by atoms with Crippen LogP contribution in [0.4, 0.5) is 0 Å². The lowest BCUT2D eigenvalue weighted by Gasteiger charge is -2.16. The van der Waals surface area contributed by atoms with Gasteiger partial charge in [0.25, 0.3) is 0 Å². The van der Waals surface area contributed by atoms with Gasteiger partial charge in [0.2, 0.25) is 10.0 Å². The van der Waals surface area contributed by atoms with Crippen LogP contribution < -0.4 is 0 Å². The van der Waals surface area contributed by atoms with Crippen molar-refractivity contribution in [2.24, 2.45) is 0 Å². The molecule has 0 fully saturated rings. The number of nitrogens with zero attached hydrogens (tertiary/aromatic N) is 2. The molecule has 0 unspecified atom stereocenters. The van der Waals surface area contributed by atoms with Crippen LogP contribution in [-0.2, 0) is 16.6 Å². The van der Waals surface area contributed by atoms with Crippen molar-refractivity contribution in [3.8, 4) is 0 Å². The number of carbonyl (C=O) groups excluding carboxylic acids is 1. The van der Waals surface area contributed by atoms with E-state index in [-0.39, 0.29) is 17.2 Å². The minimum absolute atomic E-state index is 0.0928. The van der Waals surface area contributed by atoms with Gasteiger partial charge in [-0.05, 0) is 19.1 Å². The summed E-state index contributed by atoms with van der Waals surface area (Å²) in [7, 11) is -2.06. The number of hydrogen-bond acceptors (Lipinski definition) is 5. The standard InChI is InChI=1S/C13H14N2O3S2/c1-10(16)11-3-5-13(6-4-11)20(17,18)15(2)7-12-8-19-9-14-12/h3-6,8-9H,7H2,1-2H3. The van der Waals surface area contributed by atoms with Crippen LogP contribution in [0.2, 0.25) is 0 Å². The fourth-order valence-electron chi connectivity index (χ4n) is 1.67. The van der Waals surface area contributed by atoms with Crippen molar-refractivity contribution in [3.05, 3.63) is 46.4 Å². The molecule has 2 rings (SSSR count). The van der Waals surface area contributed by atoms with Crippen molar-refractivity contribution in [3.63, 3.8) is 0 Å². The summed E-state index contributed by atoms with van der Waals surface area (Å²) in [4.78, 5) is 15.4. The minimum Gasteiger partial charge on any atom is -0.295 e. The van der Waals surface area contributed by atoms with Crippen LogP contribution in [0.5, 0.6) is 0 Å². The first-order valence-corrected chi connectivity index (χ1v) is 8.24. The fraction of sp³-hybridized carbons (Fsp3) is 0.231. The first kappa shape index (κ1) is 14.8. The number of aromatic nitrogens is 1. The molecular formula is C13H14N2O3S2. The second-order valence-electron chi connectivity index (χ2n) is 4.32. The second kappa shape index (κ2) is 5.82. The van der Waals surface area contributed by atoms with Gasteiger partial charge in [-0.3, -0.25) is 4.79 Å². The van der Waals surface area contributed by atoms with E-state index in [1.165, 1.54) is 53.9 Å². The fourth-order valence-corrected chi connectivity index (χ4v) is 3.36. The highest BCUT2D eigenvalue weighted by Crippen LogP contribution is 2.17. The Morgan fingerprint density at radius 2 is 1.95 bits per heavy atom. The molecule has 20 heavy (non-hydrogen) atoms. The van der Waals surface area contributed by atoms with Crippen molar-refractivity contribution in [2.45, 2.75) is 18.4 Å². The van der Waals surface area contributed by atoms with Gasteiger partial charge >= 0.3 is 0 Å². The summed E-state index contributed by atoms with van der Waals surface area (Å²) in [6.07, 6.45) is 0. The van der Waals surface area contributed by atoms with Crippen LogP contribution in [0.25, 0.3) is 0 Å². The van der Waals surface area contributed by atoms with Gasteiger partial charge in [0.1, 0.15) is 0 Å². The van der Waals surface area contributed by atoms with E-state index < -0.39 is 10.0 Å². The topological polar surface area (TPSA) is 67.3 Å². The lowest BCUT2D eigenvalue weighted by molar-refractivity contribution is 0.101. The molecule has 1 aromatic heterocycles. The maximum Gasteiger partial charge on any atom is 0.243 e. The predicted molar refractivity (Wildman–Crippen MR) is 77.2 cm³/mol. The molecule has 0 radical (unpaired) electrons. The molecule has 0 bridgehead atoms. The third-order valence-electron chi connectivity index (χ3n) is 2.84. The van der Waals surface area contributed by atoms with E-state index in [9.17, 15) is 13.2 Å². The summed E-state index contributed by atoms with van der Waals surface area (Å²) >= 11 is 1.42. The first-order valence-electron chi connectivity index (χ1n) is 5.85. The van der Waals surface area contributed by atoms with Crippen molar-refractivity contribution in [2.75, 3.05) is 7.05 Å². The maximum atomic E-state index is 12.4. The van der Waals surface area contributed by atoms with Crippen LogP contribution in [-0.4, -0.2) is 30.5 Å². The largest absolute Gasteiger partial charge is 0.295 e. The van der Waals surface area contributed by atoms with Crippen molar-refractivity contribution in [1.82, 2.24) is 9.29 Å². The summed E-state index contributed by atoms with van der Waals surface area (Å²) in [5, 5.41) is 1.81. The highest BCUT2D eigenvalue weighted by Gasteiger charge is 2.21. The Hall–Kier alpha value is -1.57. The molecule has 0 atom stereocenters. The lowest BCUT2D eigenvalue weighted by Crippen LogP contribution is -2.26. The molecule has 5 nitrogen and oxygen atoms in total. The minimum atomic E-state index is -3.57. The monoisotopic (exact) mass is 310 g/mol. The van der Waals surface area contributed by atoms with Gasteiger partial charge in [0.05, 0.1) is 22.6 Å². The Bertz CT molecular complexity index is 692. The SMILES string of the molecule is CC(=O)c1ccc(S(=O)(=O)N(C)Cc2cscn2)cc1. The Morgan fingerprint density at radius 1 is 1.30 bits per heavy atom. The highest BCUT2D eigenvalue weighted by atomic mass is 32.2. The van der Waals surface area contributed by atoms with Gasteiger partial charge < -0.3 is 0 Å². The smallest absolute Gasteiger partial charge is 0.243 e. The van der Waals surface area contributed by atoms with Crippen molar-refractivity contribution < 1.29 is 13.2 Å². The Kier molecular flexibility index (Phi) is 4.32. The van der Waals surface area contributed by atoms with Crippen molar-refractivity contribution in [1.29, 1.82) is 0 Å². The predicted octanol–water partition coefficient (Wildman–Crippen LogP) is 2.17. The molecule has 0 spiro atoms. The molecule has 0 saturated carbocycles. The number of thiazole rings is 1. The molecular weight excluding hydrogens is 296 g/mol. The van der Waals surface area contributed by atoms with Gasteiger partial charge in [0.15, 0.2) is 5.78 Å². The van der Waals surface area contributed by atoms with E-state index in [0.717, 1.165) is 0 Å². The van der Waals surface area contributed by atoms with Crippen LogP contribution in [0.3, 0.4) is 0 Å². The summed E-state index contributed by atoms with van der Waals surface area (Å²) in [5.74, 6) is -0.0928. The van der Waals surface area contributed by atoms with E-state index in [4.69, 9.17) is 0 Å². The number of hydrogen-bond donors (Lipinski definition) is 0. The number of Topliss-reactive ketones (excluding diaryl/α,β-unsaturated/α-hetero) is 1. The van der Waals surface area contributed by atoms with Crippen LogP contribution in [0.1, 0.15) is 23.0 Å². The van der Waals surface area contributed by atoms with E-state index in [1.54, 1.807) is 5.51 Å². The van der Waals surface area contributed by atoms with Crippen LogP contribution >= 0.6 is 11.3 Å². The average molecular weight is 310 g/mol. The van der Waals surface area contributed by atoms with Crippen molar-refractivity contribution >= 4 is 27.1 Å². The Labute approximate surface area is 121 Å². The van der Waals surface area contributed by atoms with Gasteiger partial charge in [0, 0.05) is 18.0 Å². The Balaban J connectivity index is 2.23. The van der Waals surface area contributed by atoms with E-state index in [0.29, 0.717) is 11.3 Å². The van der Waals surface area contributed by atoms with Gasteiger partial charge in [-0.2, -0.15) is 4.31 Å². The molecule has 0 saturated heterocycles. The third-order valence-corrected chi connectivity index (χ3v) is 5.29. The third kappa shape index (κ3) is 3.12. The normalized spacial score (nSPS) is 11.8. The molecule has 106 valence electrons. The quantitative estimate of drug-likeness (QED) is 0.794. The van der Waals surface area contributed by atoms with Gasteiger partial charge in [-0.1, -0.05) is 12.1 Å². The summed E-state index contributed by atoms with van der Waals surface area (Å²) in [6.45, 7) is 1.66. The van der Waals surface area contributed by atoms with Gasteiger partial charge in [-0.25, -0.2) is 13.4 Å². The highest BCUT2D eigenvalue weighted by molar-refractivity contribution is 7.89. The Morgan fingerprint density at radius 3 is 2.45 bits per heavy atom. The zero-order valence-electron chi connectivity index (χ0n) is 11.1. The van der Waals surface area contributed by atoms with E-state index >= 15 is 0 Å².